The maximum atomic E-state index is 13.9. The Hall–Kier alpha value is -2.24. The molecule has 0 aliphatic rings. The lowest BCUT2D eigenvalue weighted by Crippen LogP contribution is -2.00. The van der Waals surface area contributed by atoms with Gasteiger partial charge in [0.25, 0.3) is 0 Å². The number of nitrogens with zero attached hydrogens (tertiary/aromatic N) is 2. The van der Waals surface area contributed by atoms with Crippen LogP contribution in [0.3, 0.4) is 0 Å². The standard InChI is InChI=1S/C12H9ClFN3O/c1-2-18-12-9(13)3-4-10(11(12)14)17-7-8(5-15)6-16/h3-4,7,17H,2H2,1H3. The average Bonchev–Trinajstić information content (AvgIpc) is 2.38. The van der Waals surface area contributed by atoms with Gasteiger partial charge in [0.05, 0.1) is 17.3 Å². The van der Waals surface area contributed by atoms with Gasteiger partial charge in [-0.3, -0.25) is 0 Å². The molecule has 0 amide bonds. The smallest absolute Gasteiger partial charge is 0.189 e. The van der Waals surface area contributed by atoms with E-state index in [0.29, 0.717) is 0 Å². The van der Waals surface area contributed by atoms with Crippen molar-refractivity contribution in [2.45, 2.75) is 6.92 Å². The van der Waals surface area contributed by atoms with Gasteiger partial charge in [0, 0.05) is 6.20 Å². The van der Waals surface area contributed by atoms with Gasteiger partial charge in [-0.2, -0.15) is 10.5 Å². The summed E-state index contributed by atoms with van der Waals surface area (Å²) in [6.07, 6.45) is 1.11. The third kappa shape index (κ3) is 3.13. The average molecular weight is 266 g/mol. The predicted octanol–water partition coefficient (Wildman–Crippen LogP) is 3.22. The second kappa shape index (κ2) is 6.48. The number of halogens is 2. The van der Waals surface area contributed by atoms with Gasteiger partial charge < -0.3 is 10.1 Å². The normalized spacial score (nSPS) is 8.94. The van der Waals surface area contributed by atoms with E-state index in [4.69, 9.17) is 26.9 Å². The van der Waals surface area contributed by atoms with Crippen LogP contribution in [0, 0.1) is 28.5 Å². The number of hydrogen-bond acceptors (Lipinski definition) is 4. The Kier molecular flexibility index (Phi) is 4.98. The summed E-state index contributed by atoms with van der Waals surface area (Å²) < 4.78 is 19.0. The van der Waals surface area contributed by atoms with Crippen molar-refractivity contribution < 1.29 is 9.13 Å². The lowest BCUT2D eigenvalue weighted by atomic mass is 10.2. The molecule has 4 nitrogen and oxygen atoms in total. The third-order valence-corrected chi connectivity index (χ3v) is 2.25. The van der Waals surface area contributed by atoms with Gasteiger partial charge in [-0.15, -0.1) is 0 Å². The largest absolute Gasteiger partial charge is 0.489 e. The number of allylic oxidation sites excluding steroid dienone is 1. The summed E-state index contributed by atoms with van der Waals surface area (Å²) in [5, 5.41) is 19.7. The summed E-state index contributed by atoms with van der Waals surface area (Å²) in [6.45, 7) is 1.98. The summed E-state index contributed by atoms with van der Waals surface area (Å²) in [6, 6.07) is 6.16. The highest BCUT2D eigenvalue weighted by Crippen LogP contribution is 2.32. The second-order valence-electron chi connectivity index (χ2n) is 3.10. The van der Waals surface area contributed by atoms with Crippen LogP contribution in [0.25, 0.3) is 0 Å². The van der Waals surface area contributed by atoms with Gasteiger partial charge in [0.15, 0.2) is 11.6 Å². The first kappa shape index (κ1) is 13.8. The van der Waals surface area contributed by atoms with Gasteiger partial charge in [-0.05, 0) is 19.1 Å². The van der Waals surface area contributed by atoms with Crippen LogP contribution in [0.15, 0.2) is 23.9 Å². The summed E-state index contributed by atoms with van der Waals surface area (Å²) in [4.78, 5) is 0. The van der Waals surface area contributed by atoms with E-state index in [2.05, 4.69) is 5.32 Å². The lowest BCUT2D eigenvalue weighted by molar-refractivity contribution is 0.322. The molecular formula is C12H9ClFN3O. The van der Waals surface area contributed by atoms with E-state index in [1.54, 1.807) is 19.1 Å². The van der Waals surface area contributed by atoms with Crippen LogP contribution in [-0.4, -0.2) is 6.61 Å². The van der Waals surface area contributed by atoms with Crippen molar-refractivity contribution in [2.24, 2.45) is 0 Å². The van der Waals surface area contributed by atoms with Gasteiger partial charge >= 0.3 is 0 Å². The molecule has 0 radical (unpaired) electrons. The molecule has 0 spiro atoms. The molecule has 1 rings (SSSR count). The molecule has 1 aromatic rings. The van der Waals surface area contributed by atoms with Crippen molar-refractivity contribution in [3.05, 3.63) is 34.7 Å². The highest BCUT2D eigenvalue weighted by molar-refractivity contribution is 6.32. The minimum Gasteiger partial charge on any atom is -0.489 e. The van der Waals surface area contributed by atoms with E-state index in [9.17, 15) is 4.39 Å². The molecule has 6 heteroatoms. The first-order valence-corrected chi connectivity index (χ1v) is 5.39. The van der Waals surface area contributed by atoms with E-state index < -0.39 is 5.82 Å². The maximum Gasteiger partial charge on any atom is 0.189 e. The maximum absolute atomic E-state index is 13.9. The molecule has 1 aromatic carbocycles. The minimum absolute atomic E-state index is 0.0620. The van der Waals surface area contributed by atoms with E-state index >= 15 is 0 Å². The SMILES string of the molecule is CCOc1c(Cl)ccc(NC=C(C#N)C#N)c1F. The third-order valence-electron chi connectivity index (χ3n) is 1.95. The molecule has 92 valence electrons. The van der Waals surface area contributed by atoms with Gasteiger partial charge in [0.1, 0.15) is 17.7 Å². The molecule has 0 aromatic heterocycles. The number of nitrogens with one attached hydrogen (secondary N) is 1. The molecule has 0 saturated carbocycles. The molecule has 0 saturated heterocycles. The van der Waals surface area contributed by atoms with Crippen LogP contribution in [-0.2, 0) is 0 Å². The Morgan fingerprint density at radius 3 is 2.72 bits per heavy atom. The monoisotopic (exact) mass is 265 g/mol. The van der Waals surface area contributed by atoms with Crippen LogP contribution in [0.4, 0.5) is 10.1 Å². The minimum atomic E-state index is -0.671. The Morgan fingerprint density at radius 2 is 2.17 bits per heavy atom. The van der Waals surface area contributed by atoms with Crippen LogP contribution in [0.1, 0.15) is 6.92 Å². The Morgan fingerprint density at radius 1 is 1.50 bits per heavy atom. The van der Waals surface area contributed by atoms with Crippen LogP contribution in [0.5, 0.6) is 5.75 Å². The molecule has 0 heterocycles. The molecule has 0 fully saturated rings. The van der Waals surface area contributed by atoms with Crippen molar-refractivity contribution in [3.63, 3.8) is 0 Å². The zero-order chi connectivity index (χ0) is 13.5. The van der Waals surface area contributed by atoms with E-state index in [-0.39, 0.29) is 28.6 Å². The quantitative estimate of drug-likeness (QED) is 0.849. The number of anilines is 1. The summed E-state index contributed by atoms with van der Waals surface area (Å²) >= 11 is 5.78. The van der Waals surface area contributed by atoms with Crippen molar-refractivity contribution in [2.75, 3.05) is 11.9 Å². The van der Waals surface area contributed by atoms with Crippen LogP contribution in [0.2, 0.25) is 5.02 Å². The fraction of sp³-hybridized carbons (Fsp3) is 0.167. The summed E-state index contributed by atoms with van der Waals surface area (Å²) in [5.74, 6) is -0.733. The summed E-state index contributed by atoms with van der Waals surface area (Å²) in [7, 11) is 0. The van der Waals surface area contributed by atoms with Crippen molar-refractivity contribution in [3.8, 4) is 17.9 Å². The number of ether oxygens (including phenoxy) is 1. The fourth-order valence-electron chi connectivity index (χ4n) is 1.16. The summed E-state index contributed by atoms with van der Waals surface area (Å²) in [5.41, 5.74) is -0.0897. The fourth-order valence-corrected chi connectivity index (χ4v) is 1.36. The molecule has 0 bridgehead atoms. The zero-order valence-electron chi connectivity index (χ0n) is 9.50. The van der Waals surface area contributed by atoms with E-state index in [0.717, 1.165) is 6.20 Å². The number of rotatable bonds is 4. The predicted molar refractivity (Wildman–Crippen MR) is 65.5 cm³/mol. The molecule has 0 atom stereocenters. The number of benzene rings is 1. The highest BCUT2D eigenvalue weighted by Gasteiger charge is 2.12. The molecule has 0 aliphatic heterocycles. The van der Waals surface area contributed by atoms with Crippen molar-refractivity contribution in [1.82, 2.24) is 0 Å². The lowest BCUT2D eigenvalue weighted by Gasteiger charge is -2.10. The van der Waals surface area contributed by atoms with Gasteiger partial charge in [-0.25, -0.2) is 4.39 Å². The molecule has 1 N–H and O–H groups in total. The second-order valence-corrected chi connectivity index (χ2v) is 3.50. The molecule has 18 heavy (non-hydrogen) atoms. The van der Waals surface area contributed by atoms with E-state index in [1.807, 2.05) is 0 Å². The number of nitriles is 2. The van der Waals surface area contributed by atoms with Crippen LogP contribution < -0.4 is 10.1 Å². The molecular weight excluding hydrogens is 257 g/mol. The van der Waals surface area contributed by atoms with Crippen LogP contribution >= 0.6 is 11.6 Å². The zero-order valence-corrected chi connectivity index (χ0v) is 10.3. The van der Waals surface area contributed by atoms with Gasteiger partial charge in [0.2, 0.25) is 0 Å². The first-order valence-electron chi connectivity index (χ1n) is 5.01. The Balaban J connectivity index is 3.06. The Labute approximate surface area is 109 Å². The van der Waals surface area contributed by atoms with E-state index in [1.165, 1.54) is 12.1 Å². The van der Waals surface area contributed by atoms with Crippen molar-refractivity contribution >= 4 is 17.3 Å². The van der Waals surface area contributed by atoms with Gasteiger partial charge in [-0.1, -0.05) is 11.6 Å². The highest BCUT2D eigenvalue weighted by atomic mass is 35.5. The van der Waals surface area contributed by atoms with Crippen molar-refractivity contribution in [1.29, 1.82) is 10.5 Å². The topological polar surface area (TPSA) is 68.8 Å². The Bertz CT molecular complexity index is 542. The first-order chi connectivity index (χ1) is 8.63. The molecule has 0 unspecified atom stereocenters. The number of hydrogen-bond donors (Lipinski definition) is 1. The molecule has 0 aliphatic carbocycles.